The zero-order chi connectivity index (χ0) is 25.8. The summed E-state index contributed by atoms with van der Waals surface area (Å²) in [6.07, 6.45) is -6.18. The Kier molecular flexibility index (Phi) is 9.48. The fourth-order valence-electron chi connectivity index (χ4n) is 3.27. The molecule has 0 aromatic heterocycles. The summed E-state index contributed by atoms with van der Waals surface area (Å²) < 4.78 is 29.1. The van der Waals surface area contributed by atoms with Crippen LogP contribution in [0.3, 0.4) is 0 Å². The normalized spacial score (nSPS) is 27.6. The maximum Gasteiger partial charge on any atom is 0.303 e. The Morgan fingerprint density at radius 1 is 0.971 bits per heavy atom. The summed E-state index contributed by atoms with van der Waals surface area (Å²) in [5.74, 6) is -5.14. The Labute approximate surface area is 208 Å². The number of hydrogen-bond acceptors (Lipinski definition) is 12. The zero-order valence-corrected chi connectivity index (χ0v) is 20.3. The lowest BCUT2D eigenvalue weighted by atomic mass is 9.94. The van der Waals surface area contributed by atoms with E-state index in [1.807, 2.05) is 0 Å². The van der Waals surface area contributed by atoms with Crippen LogP contribution in [0.4, 0.5) is 0 Å². The predicted molar refractivity (Wildman–Crippen MR) is 112 cm³/mol. The van der Waals surface area contributed by atoms with Gasteiger partial charge in [-0.05, 0) is 0 Å². The molecule has 190 valence electrons. The minimum atomic E-state index is -2.37. The van der Waals surface area contributed by atoms with Crippen LogP contribution >= 0.6 is 34.8 Å². The molecule has 0 aliphatic carbocycles. The Hall–Kier alpha value is -2.19. The number of halogens is 3. The van der Waals surface area contributed by atoms with Crippen molar-refractivity contribution in [2.75, 3.05) is 19.8 Å². The van der Waals surface area contributed by atoms with Gasteiger partial charge in [-0.1, -0.05) is 34.8 Å². The molecule has 2 aliphatic heterocycles. The molecule has 2 heterocycles. The molecule has 0 aromatic rings. The molecule has 0 unspecified atom stereocenters. The number of nitrogens with zero attached hydrogens (tertiary/aromatic N) is 1. The van der Waals surface area contributed by atoms with Gasteiger partial charge >= 0.3 is 17.9 Å². The lowest BCUT2D eigenvalue weighted by molar-refractivity contribution is -0.274. The Morgan fingerprint density at radius 2 is 1.50 bits per heavy atom. The van der Waals surface area contributed by atoms with Gasteiger partial charge in [-0.3, -0.25) is 34.3 Å². The molecule has 0 saturated carbocycles. The maximum absolute atomic E-state index is 12.6. The van der Waals surface area contributed by atoms with Gasteiger partial charge in [-0.25, -0.2) is 0 Å². The van der Waals surface area contributed by atoms with Crippen LogP contribution in [0.5, 0.6) is 0 Å². The second kappa shape index (κ2) is 11.5. The van der Waals surface area contributed by atoms with Crippen LogP contribution in [0.2, 0.25) is 0 Å². The highest BCUT2D eigenvalue weighted by Crippen LogP contribution is 2.35. The number of amides is 2. The number of hydrogen-bond donors (Lipinski definition) is 1. The van der Waals surface area contributed by atoms with Gasteiger partial charge in [0, 0.05) is 20.8 Å². The van der Waals surface area contributed by atoms with Crippen molar-refractivity contribution in [1.29, 1.82) is 5.41 Å². The van der Waals surface area contributed by atoms with Crippen molar-refractivity contribution in [2.45, 2.75) is 55.2 Å². The molecule has 2 fully saturated rings. The van der Waals surface area contributed by atoms with E-state index in [-0.39, 0.29) is 0 Å². The molecule has 2 saturated heterocycles. The number of esters is 3. The van der Waals surface area contributed by atoms with Crippen molar-refractivity contribution < 1.29 is 52.4 Å². The molecule has 2 rings (SSSR count). The molecule has 5 atom stereocenters. The number of morpholine rings is 1. The first kappa shape index (κ1) is 28.1. The number of carbonyl (C=O) groups excluding carboxylic acids is 5. The average molecular weight is 548 g/mol. The third-order valence-corrected chi connectivity index (χ3v) is 4.96. The molecule has 0 bridgehead atoms. The van der Waals surface area contributed by atoms with E-state index >= 15 is 0 Å². The molecular formula is C18H21Cl3N2O11. The maximum atomic E-state index is 12.6. The van der Waals surface area contributed by atoms with Gasteiger partial charge in [-0.2, -0.15) is 0 Å². The Morgan fingerprint density at radius 3 is 1.97 bits per heavy atom. The van der Waals surface area contributed by atoms with Gasteiger partial charge in [0.25, 0.3) is 15.6 Å². The van der Waals surface area contributed by atoms with Crippen LogP contribution < -0.4 is 0 Å². The van der Waals surface area contributed by atoms with E-state index in [9.17, 15) is 24.0 Å². The van der Waals surface area contributed by atoms with Crippen molar-refractivity contribution >= 4 is 70.4 Å². The highest BCUT2D eigenvalue weighted by molar-refractivity contribution is 6.76. The molecule has 16 heteroatoms. The molecule has 34 heavy (non-hydrogen) atoms. The topological polar surface area (TPSA) is 168 Å². The third kappa shape index (κ3) is 7.15. The first-order valence-corrected chi connectivity index (χ1v) is 10.7. The van der Waals surface area contributed by atoms with Gasteiger partial charge in [-0.15, -0.1) is 0 Å². The number of alkyl halides is 3. The number of nitrogens with one attached hydrogen (secondary N) is 1. The van der Waals surface area contributed by atoms with E-state index in [2.05, 4.69) is 0 Å². The van der Waals surface area contributed by atoms with E-state index in [0.717, 1.165) is 20.8 Å². The average Bonchev–Trinajstić information content (AvgIpc) is 2.68. The minimum absolute atomic E-state index is 0.515. The third-order valence-electron chi connectivity index (χ3n) is 4.45. The van der Waals surface area contributed by atoms with Crippen molar-refractivity contribution in [1.82, 2.24) is 4.90 Å². The standard InChI is InChI=1S/C18H21Cl3N2O11/c1-7(24)30-4-10-14(31-8(2)25)15(32-9(3)26)13(23-11(27)5-29-6-12(23)28)16(33-10)34-17(22)18(19,20)21/h10,13-16,22H,4-6H2,1-3H3/t10-,13-,14-,15-,16+/m1/s1. The summed E-state index contributed by atoms with van der Waals surface area (Å²) in [6.45, 7) is 1.63. The molecule has 0 aromatic carbocycles. The lowest BCUT2D eigenvalue weighted by Gasteiger charge is -2.48. The van der Waals surface area contributed by atoms with E-state index in [0.29, 0.717) is 4.90 Å². The molecule has 0 spiro atoms. The van der Waals surface area contributed by atoms with Gasteiger partial charge in [0.15, 0.2) is 12.2 Å². The van der Waals surface area contributed by atoms with Crippen LogP contribution in [0, 0.1) is 5.41 Å². The van der Waals surface area contributed by atoms with Gasteiger partial charge in [0.1, 0.15) is 32.0 Å². The van der Waals surface area contributed by atoms with Crippen LogP contribution in [0.15, 0.2) is 0 Å². The summed E-state index contributed by atoms with van der Waals surface area (Å²) in [5.41, 5.74) is 0. The summed E-state index contributed by atoms with van der Waals surface area (Å²) in [4.78, 5) is 61.0. The minimum Gasteiger partial charge on any atom is -0.463 e. The first-order valence-electron chi connectivity index (χ1n) is 9.60. The van der Waals surface area contributed by atoms with Gasteiger partial charge in [0.2, 0.25) is 12.2 Å². The van der Waals surface area contributed by atoms with Crippen molar-refractivity contribution in [2.24, 2.45) is 0 Å². The zero-order valence-electron chi connectivity index (χ0n) is 18.1. The van der Waals surface area contributed by atoms with Crippen molar-refractivity contribution in [3.05, 3.63) is 0 Å². The fourth-order valence-corrected chi connectivity index (χ4v) is 3.41. The quantitative estimate of drug-likeness (QED) is 0.121. The second-order valence-electron chi connectivity index (χ2n) is 7.08. The van der Waals surface area contributed by atoms with Gasteiger partial charge in [0.05, 0.1) is 0 Å². The summed E-state index contributed by atoms with van der Waals surface area (Å²) in [5, 5.41) is 7.90. The molecule has 1 N–H and O–H groups in total. The number of rotatable bonds is 6. The monoisotopic (exact) mass is 546 g/mol. The summed E-state index contributed by atoms with van der Waals surface area (Å²) in [6, 6.07) is -1.61. The van der Waals surface area contributed by atoms with Crippen molar-refractivity contribution in [3.8, 4) is 0 Å². The molecule has 0 radical (unpaired) electrons. The molecular weight excluding hydrogens is 527 g/mol. The first-order chi connectivity index (χ1) is 15.7. The van der Waals surface area contributed by atoms with E-state index in [4.69, 9.17) is 68.6 Å². The fraction of sp³-hybridized carbons (Fsp3) is 0.667. The smallest absolute Gasteiger partial charge is 0.303 e. The van der Waals surface area contributed by atoms with Crippen LogP contribution in [-0.2, 0) is 52.4 Å². The molecule has 2 aliphatic rings. The Balaban J connectivity index is 2.60. The van der Waals surface area contributed by atoms with E-state index < -0.39 is 89.9 Å². The highest BCUT2D eigenvalue weighted by atomic mass is 35.6. The Bertz CT molecular complexity index is 847. The number of ether oxygens (including phenoxy) is 6. The van der Waals surface area contributed by atoms with Gasteiger partial charge < -0.3 is 28.4 Å². The van der Waals surface area contributed by atoms with Crippen LogP contribution in [-0.4, -0.2) is 94.8 Å². The van der Waals surface area contributed by atoms with Crippen LogP contribution in [0.25, 0.3) is 0 Å². The number of imide groups is 1. The molecule has 13 nitrogen and oxygen atoms in total. The summed E-state index contributed by atoms with van der Waals surface area (Å²) in [7, 11) is 0. The van der Waals surface area contributed by atoms with Crippen LogP contribution in [0.1, 0.15) is 20.8 Å². The van der Waals surface area contributed by atoms with E-state index in [1.54, 1.807) is 0 Å². The summed E-state index contributed by atoms with van der Waals surface area (Å²) >= 11 is 17.1. The lowest BCUT2D eigenvalue weighted by Crippen LogP contribution is -2.70. The van der Waals surface area contributed by atoms with Crippen molar-refractivity contribution in [3.63, 3.8) is 0 Å². The second-order valence-corrected chi connectivity index (χ2v) is 9.36. The van der Waals surface area contributed by atoms with E-state index in [1.165, 1.54) is 0 Å². The largest absolute Gasteiger partial charge is 0.463 e. The SMILES string of the molecule is CC(=O)OC[C@H]1O[C@@H](OC(=N)C(Cl)(Cl)Cl)[C@H](N2C(=O)COCC2=O)[C@@H](OC(C)=O)[C@@H]1OC(C)=O. The molecule has 2 amide bonds. The predicted octanol–water partition coefficient (Wildman–Crippen LogP) is 0.256. The highest BCUT2D eigenvalue weighted by Gasteiger charge is 2.57. The number of carbonyl (C=O) groups is 5.